The first-order valence-electron chi connectivity index (χ1n) is 7.91. The second kappa shape index (κ2) is 5.81. The molecule has 0 aromatic rings. The summed E-state index contributed by atoms with van der Waals surface area (Å²) in [5, 5.41) is 20.9. The molecule has 0 spiro atoms. The van der Waals surface area contributed by atoms with Crippen LogP contribution in [-0.2, 0) is 0 Å². The number of piperidine rings is 1. The molecule has 3 nitrogen and oxygen atoms in total. The smallest absolute Gasteiger partial charge is 0.0861 e. The second-order valence-corrected chi connectivity index (χ2v) is 6.77. The predicted molar refractivity (Wildman–Crippen MR) is 76.6 cm³/mol. The quantitative estimate of drug-likeness (QED) is 0.780. The maximum absolute atomic E-state index is 11.1. The minimum absolute atomic E-state index is 0.480. The zero-order valence-electron chi connectivity index (χ0n) is 12.5. The van der Waals surface area contributed by atoms with Crippen LogP contribution in [0.4, 0.5) is 0 Å². The zero-order valence-corrected chi connectivity index (χ0v) is 12.5. The fourth-order valence-corrected chi connectivity index (χ4v) is 3.90. The molecule has 3 heteroatoms. The number of hydrogen-bond donors (Lipinski definition) is 1. The normalized spacial score (nSPS) is 27.7. The van der Waals surface area contributed by atoms with Crippen molar-refractivity contribution in [3.05, 3.63) is 0 Å². The SMILES string of the molecule is CC(C)N1CCC(O)(C2(C#N)CCCCCC2)CC1. The van der Waals surface area contributed by atoms with E-state index in [9.17, 15) is 10.4 Å². The highest BCUT2D eigenvalue weighted by Gasteiger charge is 2.51. The van der Waals surface area contributed by atoms with Gasteiger partial charge in [0.1, 0.15) is 0 Å². The van der Waals surface area contributed by atoms with Gasteiger partial charge in [-0.15, -0.1) is 0 Å². The third-order valence-electron chi connectivity index (χ3n) is 5.42. The second-order valence-electron chi connectivity index (χ2n) is 6.77. The largest absolute Gasteiger partial charge is 0.388 e. The molecular formula is C16H28N2O. The monoisotopic (exact) mass is 264 g/mol. The fraction of sp³-hybridized carbons (Fsp3) is 0.938. The van der Waals surface area contributed by atoms with E-state index in [1.807, 2.05) is 0 Å². The zero-order chi connectivity index (χ0) is 13.9. The lowest BCUT2D eigenvalue weighted by molar-refractivity contribution is -0.106. The molecule has 0 aromatic carbocycles. The molecule has 0 aromatic heterocycles. The number of rotatable bonds is 2. The van der Waals surface area contributed by atoms with Crippen LogP contribution in [0.2, 0.25) is 0 Å². The van der Waals surface area contributed by atoms with Crippen molar-refractivity contribution < 1.29 is 5.11 Å². The Bertz CT molecular complexity index is 329. The molecule has 1 saturated heterocycles. The van der Waals surface area contributed by atoms with Crippen LogP contribution in [-0.4, -0.2) is 34.7 Å². The molecule has 0 amide bonds. The molecular weight excluding hydrogens is 236 g/mol. The standard InChI is InChI=1S/C16H28N2O/c1-14(2)18-11-9-16(19,10-12-18)15(13-17)7-5-3-4-6-8-15/h14,19H,3-12H2,1-2H3. The molecule has 0 atom stereocenters. The summed E-state index contributed by atoms with van der Waals surface area (Å²) in [6.45, 7) is 6.27. The molecule has 2 rings (SSSR count). The molecule has 0 bridgehead atoms. The average molecular weight is 264 g/mol. The number of nitrogens with zero attached hydrogens (tertiary/aromatic N) is 2. The van der Waals surface area contributed by atoms with Crippen LogP contribution in [0, 0.1) is 16.7 Å². The summed E-state index contributed by atoms with van der Waals surface area (Å²) in [6.07, 6.45) is 7.95. The van der Waals surface area contributed by atoms with Crippen LogP contribution >= 0.6 is 0 Å². The Morgan fingerprint density at radius 3 is 1.95 bits per heavy atom. The van der Waals surface area contributed by atoms with Gasteiger partial charge in [-0.05, 0) is 39.5 Å². The summed E-state index contributed by atoms with van der Waals surface area (Å²) in [6, 6.07) is 3.08. The van der Waals surface area contributed by atoms with Gasteiger partial charge in [0.05, 0.1) is 17.1 Å². The first kappa shape index (κ1) is 14.8. The predicted octanol–water partition coefficient (Wildman–Crippen LogP) is 3.09. The first-order chi connectivity index (χ1) is 9.03. The van der Waals surface area contributed by atoms with Crippen LogP contribution in [0.15, 0.2) is 0 Å². The van der Waals surface area contributed by atoms with Gasteiger partial charge >= 0.3 is 0 Å². The summed E-state index contributed by atoms with van der Waals surface area (Å²) < 4.78 is 0. The molecule has 1 heterocycles. The highest BCUT2D eigenvalue weighted by Crippen LogP contribution is 2.48. The van der Waals surface area contributed by atoms with E-state index in [1.54, 1.807) is 0 Å². The molecule has 0 unspecified atom stereocenters. The fourth-order valence-electron chi connectivity index (χ4n) is 3.90. The van der Waals surface area contributed by atoms with Crippen molar-refractivity contribution in [3.8, 4) is 6.07 Å². The van der Waals surface area contributed by atoms with E-state index >= 15 is 0 Å². The van der Waals surface area contributed by atoms with Gasteiger partial charge in [-0.3, -0.25) is 0 Å². The van der Waals surface area contributed by atoms with Crippen molar-refractivity contribution in [1.82, 2.24) is 4.90 Å². The number of hydrogen-bond acceptors (Lipinski definition) is 3. The van der Waals surface area contributed by atoms with Gasteiger partial charge < -0.3 is 10.0 Å². The third-order valence-corrected chi connectivity index (χ3v) is 5.42. The Hall–Kier alpha value is -0.590. The van der Waals surface area contributed by atoms with Gasteiger partial charge in [-0.2, -0.15) is 5.26 Å². The van der Waals surface area contributed by atoms with E-state index in [4.69, 9.17) is 0 Å². The highest BCUT2D eigenvalue weighted by molar-refractivity contribution is 5.13. The molecule has 2 aliphatic rings. The van der Waals surface area contributed by atoms with E-state index < -0.39 is 11.0 Å². The van der Waals surface area contributed by atoms with Gasteiger partial charge in [0.25, 0.3) is 0 Å². The summed E-state index contributed by atoms with van der Waals surface area (Å²) in [4.78, 5) is 2.41. The Morgan fingerprint density at radius 2 is 1.53 bits per heavy atom. The summed E-state index contributed by atoms with van der Waals surface area (Å²) >= 11 is 0. The lowest BCUT2D eigenvalue weighted by Crippen LogP contribution is -2.55. The van der Waals surface area contributed by atoms with Gasteiger partial charge in [-0.1, -0.05) is 25.7 Å². The number of aliphatic hydroxyl groups is 1. The molecule has 19 heavy (non-hydrogen) atoms. The minimum atomic E-state index is -0.752. The van der Waals surface area contributed by atoms with Crippen molar-refractivity contribution in [1.29, 1.82) is 5.26 Å². The highest BCUT2D eigenvalue weighted by atomic mass is 16.3. The Kier molecular flexibility index (Phi) is 4.53. The van der Waals surface area contributed by atoms with Gasteiger partial charge in [-0.25, -0.2) is 0 Å². The Balaban J connectivity index is 2.12. The molecule has 1 aliphatic carbocycles. The van der Waals surface area contributed by atoms with Gasteiger partial charge in [0.15, 0.2) is 0 Å². The first-order valence-corrected chi connectivity index (χ1v) is 7.91. The minimum Gasteiger partial charge on any atom is -0.388 e. The van der Waals surface area contributed by atoms with Crippen LogP contribution in [0.5, 0.6) is 0 Å². The van der Waals surface area contributed by atoms with Crippen molar-refractivity contribution >= 4 is 0 Å². The van der Waals surface area contributed by atoms with Crippen molar-refractivity contribution in [2.24, 2.45) is 5.41 Å². The van der Waals surface area contributed by atoms with Gasteiger partial charge in [0.2, 0.25) is 0 Å². The van der Waals surface area contributed by atoms with Crippen molar-refractivity contribution in [2.75, 3.05) is 13.1 Å². The number of likely N-dealkylation sites (tertiary alicyclic amines) is 1. The van der Waals surface area contributed by atoms with Crippen LogP contribution in [0.1, 0.15) is 65.2 Å². The van der Waals surface area contributed by atoms with Crippen molar-refractivity contribution in [3.63, 3.8) is 0 Å². The Morgan fingerprint density at radius 1 is 1.00 bits per heavy atom. The molecule has 108 valence electrons. The molecule has 1 aliphatic heterocycles. The number of nitriles is 1. The van der Waals surface area contributed by atoms with E-state index in [0.29, 0.717) is 6.04 Å². The van der Waals surface area contributed by atoms with Crippen LogP contribution in [0.3, 0.4) is 0 Å². The maximum atomic E-state index is 11.1. The molecule has 1 saturated carbocycles. The maximum Gasteiger partial charge on any atom is 0.0861 e. The van der Waals surface area contributed by atoms with E-state index in [1.165, 1.54) is 12.8 Å². The summed E-state index contributed by atoms with van der Waals surface area (Å²) in [5.41, 5.74) is -1.23. The average Bonchev–Trinajstić information content (AvgIpc) is 2.65. The third kappa shape index (κ3) is 2.80. The van der Waals surface area contributed by atoms with E-state index in [-0.39, 0.29) is 0 Å². The summed E-state index contributed by atoms with van der Waals surface area (Å²) in [7, 11) is 0. The lowest BCUT2D eigenvalue weighted by atomic mass is 9.64. The lowest BCUT2D eigenvalue weighted by Gasteiger charge is -2.48. The van der Waals surface area contributed by atoms with E-state index in [2.05, 4.69) is 24.8 Å². The van der Waals surface area contributed by atoms with Crippen LogP contribution < -0.4 is 0 Å². The van der Waals surface area contributed by atoms with Gasteiger partial charge in [0, 0.05) is 19.1 Å². The van der Waals surface area contributed by atoms with E-state index in [0.717, 1.165) is 51.6 Å². The van der Waals surface area contributed by atoms with Crippen molar-refractivity contribution in [2.45, 2.75) is 76.9 Å². The topological polar surface area (TPSA) is 47.3 Å². The summed E-state index contributed by atoms with van der Waals surface area (Å²) in [5.74, 6) is 0. The van der Waals surface area contributed by atoms with Crippen LogP contribution in [0.25, 0.3) is 0 Å². The molecule has 0 radical (unpaired) electrons. The molecule has 1 N–H and O–H groups in total. The molecule has 2 fully saturated rings. The Labute approximate surface area is 117 Å².